The van der Waals surface area contributed by atoms with Gasteiger partial charge in [0, 0.05) is 46.6 Å². The Balaban J connectivity index is -0.0000000231. The molecule has 0 aromatic carbocycles. The molecule has 0 aliphatic heterocycles. The van der Waals surface area contributed by atoms with Gasteiger partial charge >= 0.3 is 25.3 Å². The normalized spacial score (nSPS) is 6.31. The van der Waals surface area contributed by atoms with Gasteiger partial charge < -0.3 is 0 Å². The molecule has 0 saturated carbocycles. The van der Waals surface area contributed by atoms with Crippen molar-refractivity contribution in [2.75, 3.05) is 25.0 Å². The van der Waals surface area contributed by atoms with E-state index < -0.39 is 40.1 Å². The van der Waals surface area contributed by atoms with E-state index in [1.54, 1.807) is 25.0 Å². The summed E-state index contributed by atoms with van der Waals surface area (Å²) in [5, 5.41) is 0. The molecular formula is C4H14Cl2MoO4S2. The van der Waals surface area contributed by atoms with Gasteiger partial charge in [-0.3, -0.25) is 8.42 Å². The second kappa shape index (κ2) is 29.2. The van der Waals surface area contributed by atoms with Gasteiger partial charge in [0.1, 0.15) is 0 Å². The van der Waals surface area contributed by atoms with Crippen molar-refractivity contribution in [1.82, 2.24) is 0 Å². The van der Waals surface area contributed by atoms with Crippen molar-refractivity contribution in [2.45, 2.75) is 0 Å². The molecule has 0 amide bonds. The van der Waals surface area contributed by atoms with E-state index in [9.17, 15) is 8.42 Å². The van der Waals surface area contributed by atoms with Gasteiger partial charge in [0.2, 0.25) is 0 Å². The Morgan fingerprint density at radius 1 is 0.769 bits per heavy atom. The van der Waals surface area contributed by atoms with Crippen LogP contribution in [0.15, 0.2) is 0 Å². The average Bonchev–Trinajstić information content (AvgIpc) is 1.60. The summed E-state index contributed by atoms with van der Waals surface area (Å²) >= 11 is -2.03. The Bertz CT molecular complexity index is 140. The van der Waals surface area contributed by atoms with Crippen LogP contribution in [-0.2, 0) is 46.9 Å². The summed E-state index contributed by atoms with van der Waals surface area (Å²) in [4.78, 5) is 0. The van der Waals surface area contributed by atoms with Crippen molar-refractivity contribution in [3.8, 4) is 0 Å². The first-order valence-electron chi connectivity index (χ1n) is 2.30. The molecule has 0 fully saturated rings. The molecule has 0 atom stereocenters. The summed E-state index contributed by atoms with van der Waals surface area (Å²) in [6.07, 6.45) is 6.56. The van der Waals surface area contributed by atoms with Gasteiger partial charge in [-0.15, -0.1) is 24.8 Å². The quantitative estimate of drug-likeness (QED) is 0.596. The number of rotatable bonds is 0. The minimum atomic E-state index is -2.03. The minimum absolute atomic E-state index is 0. The molecule has 0 aliphatic carbocycles. The summed E-state index contributed by atoms with van der Waals surface area (Å²) in [5.74, 6) is 0. The fraction of sp³-hybridized carbons (Fsp3) is 1.00. The van der Waals surface area contributed by atoms with Crippen LogP contribution in [0.3, 0.4) is 0 Å². The second-order valence-corrected chi connectivity index (χ2v) is 4.85. The van der Waals surface area contributed by atoms with E-state index in [0.717, 1.165) is 0 Å². The Morgan fingerprint density at radius 3 is 0.769 bits per heavy atom. The summed E-state index contributed by atoms with van der Waals surface area (Å²) in [6.45, 7) is 0. The molecule has 0 aromatic heterocycles. The molecule has 86 valence electrons. The molecule has 0 aliphatic rings. The van der Waals surface area contributed by atoms with Gasteiger partial charge in [-0.2, -0.15) is 0 Å². The van der Waals surface area contributed by atoms with Crippen molar-refractivity contribution in [3.05, 3.63) is 0 Å². The second-order valence-electron chi connectivity index (χ2n) is 1.55. The van der Waals surface area contributed by atoms with Gasteiger partial charge in [-0.1, -0.05) is 0 Å². The van der Waals surface area contributed by atoms with Crippen molar-refractivity contribution >= 4 is 46.4 Å². The molecule has 0 spiro atoms. The van der Waals surface area contributed by atoms with Gasteiger partial charge in [0.15, 0.2) is 0 Å². The van der Waals surface area contributed by atoms with Crippen molar-refractivity contribution in [3.63, 3.8) is 0 Å². The first kappa shape index (κ1) is 29.2. The zero-order chi connectivity index (χ0) is 9.86. The van der Waals surface area contributed by atoms with Crippen LogP contribution in [0.5, 0.6) is 0 Å². The van der Waals surface area contributed by atoms with Crippen molar-refractivity contribution in [1.29, 1.82) is 0 Å². The fourth-order valence-electron chi connectivity index (χ4n) is 0. The Kier molecular flexibility index (Phi) is 65.7. The standard InChI is InChI=1S/2C2H6OS.2ClH.Mo.2O/c2*1-4(2)3;;;;;/h2*1-2H3;2*1H;;;. The van der Waals surface area contributed by atoms with Crippen LogP contribution >= 0.6 is 24.8 Å². The van der Waals surface area contributed by atoms with Gasteiger partial charge in [-0.25, -0.2) is 0 Å². The summed E-state index contributed by atoms with van der Waals surface area (Å²) < 4.78 is 36.1. The third-order valence-corrected chi connectivity index (χ3v) is 0. The van der Waals surface area contributed by atoms with Crippen molar-refractivity contribution in [2.24, 2.45) is 0 Å². The van der Waals surface area contributed by atoms with E-state index in [0.29, 0.717) is 0 Å². The van der Waals surface area contributed by atoms with Crippen LogP contribution < -0.4 is 0 Å². The van der Waals surface area contributed by atoms with Crippen LogP contribution in [0.25, 0.3) is 0 Å². The topological polar surface area (TPSA) is 68.3 Å². The summed E-state index contributed by atoms with van der Waals surface area (Å²) in [6, 6.07) is 0. The predicted molar refractivity (Wildman–Crippen MR) is 55.8 cm³/mol. The van der Waals surface area contributed by atoms with E-state index in [4.69, 9.17) is 6.80 Å². The van der Waals surface area contributed by atoms with E-state index >= 15 is 0 Å². The maximum absolute atomic E-state index is 9.56. The molecule has 9 heteroatoms. The van der Waals surface area contributed by atoms with Gasteiger partial charge in [-0.05, 0) is 0 Å². The molecule has 0 rings (SSSR count). The van der Waals surface area contributed by atoms with Gasteiger partial charge in [0.05, 0.1) is 0 Å². The summed E-state index contributed by atoms with van der Waals surface area (Å²) in [7, 11) is -1.22. The molecule has 0 radical (unpaired) electrons. The van der Waals surface area contributed by atoms with Gasteiger partial charge in [0.25, 0.3) is 0 Å². The zero-order valence-electron chi connectivity index (χ0n) is 7.67. The van der Waals surface area contributed by atoms with E-state index in [1.165, 1.54) is 0 Å². The number of hydrogen-bond acceptors (Lipinski definition) is 4. The molecule has 0 heterocycles. The first-order chi connectivity index (χ1) is 4.88. The molecule has 4 nitrogen and oxygen atoms in total. The van der Waals surface area contributed by atoms with E-state index in [-0.39, 0.29) is 24.8 Å². The van der Waals surface area contributed by atoms with Crippen LogP contribution in [-0.4, -0.2) is 33.4 Å². The van der Waals surface area contributed by atoms with Crippen LogP contribution in [0.2, 0.25) is 0 Å². The molecule has 0 unspecified atom stereocenters. The maximum atomic E-state index is 9.56. The van der Waals surface area contributed by atoms with Crippen LogP contribution in [0.4, 0.5) is 0 Å². The zero-order valence-corrected chi connectivity index (χ0v) is 12.9. The van der Waals surface area contributed by atoms with E-state index in [1.807, 2.05) is 0 Å². The van der Waals surface area contributed by atoms with E-state index in [2.05, 4.69) is 0 Å². The Morgan fingerprint density at radius 2 is 0.769 bits per heavy atom. The fourth-order valence-corrected chi connectivity index (χ4v) is 0. The molecular weight excluding hydrogens is 343 g/mol. The number of halogens is 2. The molecule has 13 heavy (non-hydrogen) atoms. The third kappa shape index (κ3) is 1200. The first-order valence-corrected chi connectivity index (χ1v) is 7.87. The van der Waals surface area contributed by atoms with Crippen molar-refractivity contribution < 1.29 is 33.7 Å². The van der Waals surface area contributed by atoms with Crippen LogP contribution in [0, 0.1) is 0 Å². The Hall–Kier alpha value is 1.17. The molecule has 0 saturated heterocycles. The predicted octanol–water partition coefficient (Wildman–Crippen LogP) is 0.593. The SMILES string of the molecule is CS(C)=O.CS(C)=O.Cl.Cl.[O]=[Mo]=[O]. The monoisotopic (exact) mass is 358 g/mol. The third-order valence-electron chi connectivity index (χ3n) is 0. The van der Waals surface area contributed by atoms with Crippen LogP contribution in [0.1, 0.15) is 0 Å². The molecule has 0 aromatic rings. The molecule has 0 N–H and O–H groups in total. The Labute approximate surface area is 105 Å². The average molecular weight is 357 g/mol. The summed E-state index contributed by atoms with van der Waals surface area (Å²) in [5.41, 5.74) is 0. The molecule has 0 bridgehead atoms. The number of hydrogen-bond donors (Lipinski definition) is 0.